The summed E-state index contributed by atoms with van der Waals surface area (Å²) in [5.74, 6) is 0.814. The first-order valence-electron chi connectivity index (χ1n) is 6.22. The first-order chi connectivity index (χ1) is 9.65. The minimum atomic E-state index is 0.699. The van der Waals surface area contributed by atoms with Crippen LogP contribution in [0.15, 0.2) is 48.5 Å². The quantitative estimate of drug-likeness (QED) is 0.678. The average Bonchev–Trinajstić information content (AvgIpc) is 2.82. The minimum Gasteiger partial charge on any atom is -0.342 e. The van der Waals surface area contributed by atoms with E-state index in [0.29, 0.717) is 10.0 Å². The number of benzene rings is 2. The van der Waals surface area contributed by atoms with Gasteiger partial charge in [-0.2, -0.15) is 0 Å². The Hall–Kier alpha value is -1.77. The van der Waals surface area contributed by atoms with Crippen molar-refractivity contribution in [3.63, 3.8) is 0 Å². The molecule has 0 bridgehead atoms. The molecule has 0 atom stereocenters. The molecule has 1 aromatic heterocycles. The Balaban J connectivity index is 2.08. The SMILES string of the molecule is Cc1[nH]c(-c2ccc(Cl)cc2)nc1-c1ccccc1Cl. The van der Waals surface area contributed by atoms with Gasteiger partial charge in [-0.25, -0.2) is 4.98 Å². The lowest BCUT2D eigenvalue weighted by atomic mass is 10.1. The summed E-state index contributed by atoms with van der Waals surface area (Å²) >= 11 is 12.1. The van der Waals surface area contributed by atoms with E-state index in [1.54, 1.807) is 0 Å². The molecule has 2 nitrogen and oxygen atoms in total. The molecule has 0 amide bonds. The monoisotopic (exact) mass is 302 g/mol. The first kappa shape index (κ1) is 13.2. The molecule has 0 saturated carbocycles. The Labute approximate surface area is 127 Å². The summed E-state index contributed by atoms with van der Waals surface area (Å²) in [6, 6.07) is 15.3. The summed E-state index contributed by atoms with van der Waals surface area (Å²) in [4.78, 5) is 7.95. The second kappa shape index (κ2) is 5.31. The van der Waals surface area contributed by atoms with Crippen molar-refractivity contribution >= 4 is 23.2 Å². The van der Waals surface area contributed by atoms with E-state index in [0.717, 1.165) is 28.3 Å². The van der Waals surface area contributed by atoms with Crippen LogP contribution in [0.3, 0.4) is 0 Å². The van der Waals surface area contributed by atoms with Crippen molar-refractivity contribution < 1.29 is 0 Å². The van der Waals surface area contributed by atoms with Gasteiger partial charge in [-0.05, 0) is 37.3 Å². The molecule has 1 N–H and O–H groups in total. The molecule has 0 aliphatic rings. The number of aromatic amines is 1. The number of rotatable bonds is 2. The molecule has 0 saturated heterocycles. The van der Waals surface area contributed by atoms with Crippen molar-refractivity contribution in [2.24, 2.45) is 0 Å². The van der Waals surface area contributed by atoms with E-state index in [1.807, 2.05) is 55.5 Å². The molecule has 0 unspecified atom stereocenters. The maximum absolute atomic E-state index is 6.24. The number of halogens is 2. The van der Waals surface area contributed by atoms with E-state index < -0.39 is 0 Å². The lowest BCUT2D eigenvalue weighted by Crippen LogP contribution is -1.82. The first-order valence-corrected chi connectivity index (χ1v) is 6.98. The predicted octanol–water partition coefficient (Wildman–Crippen LogP) is 5.36. The van der Waals surface area contributed by atoms with Crippen LogP contribution in [-0.4, -0.2) is 9.97 Å². The standard InChI is InChI=1S/C16H12Cl2N2/c1-10-15(13-4-2-3-5-14(13)18)20-16(19-10)11-6-8-12(17)9-7-11/h2-9H,1H3,(H,19,20). The maximum atomic E-state index is 6.24. The number of nitrogens with one attached hydrogen (secondary N) is 1. The Bertz CT molecular complexity index is 745. The Morgan fingerprint density at radius 1 is 0.950 bits per heavy atom. The van der Waals surface area contributed by atoms with E-state index in [4.69, 9.17) is 23.2 Å². The normalized spacial score (nSPS) is 10.8. The largest absolute Gasteiger partial charge is 0.342 e. The summed E-state index contributed by atoms with van der Waals surface area (Å²) in [5.41, 5.74) is 3.79. The lowest BCUT2D eigenvalue weighted by Gasteiger charge is -2.00. The van der Waals surface area contributed by atoms with Gasteiger partial charge < -0.3 is 4.98 Å². The van der Waals surface area contributed by atoms with Crippen molar-refractivity contribution in [3.05, 3.63) is 64.3 Å². The second-order valence-electron chi connectivity index (χ2n) is 4.55. The average molecular weight is 303 g/mol. The van der Waals surface area contributed by atoms with Crippen LogP contribution in [0.2, 0.25) is 10.0 Å². The zero-order valence-electron chi connectivity index (χ0n) is 10.8. The molecule has 3 rings (SSSR count). The van der Waals surface area contributed by atoms with Gasteiger partial charge in [-0.3, -0.25) is 0 Å². The van der Waals surface area contributed by atoms with Gasteiger partial charge in [0.25, 0.3) is 0 Å². The fourth-order valence-corrected chi connectivity index (χ4v) is 2.47. The van der Waals surface area contributed by atoms with E-state index in [2.05, 4.69) is 9.97 Å². The van der Waals surface area contributed by atoms with Crippen LogP contribution in [0, 0.1) is 6.92 Å². The third-order valence-corrected chi connectivity index (χ3v) is 3.71. The summed E-state index contributed by atoms with van der Waals surface area (Å²) in [6.45, 7) is 1.99. The molecule has 100 valence electrons. The van der Waals surface area contributed by atoms with Crippen LogP contribution >= 0.6 is 23.2 Å². The van der Waals surface area contributed by atoms with Gasteiger partial charge in [0.05, 0.1) is 10.7 Å². The predicted molar refractivity (Wildman–Crippen MR) is 84.2 cm³/mol. The molecular weight excluding hydrogens is 291 g/mol. The number of H-pyrrole nitrogens is 1. The zero-order chi connectivity index (χ0) is 14.1. The van der Waals surface area contributed by atoms with E-state index in [1.165, 1.54) is 0 Å². The molecule has 3 aromatic rings. The molecule has 1 heterocycles. The fraction of sp³-hybridized carbons (Fsp3) is 0.0625. The zero-order valence-corrected chi connectivity index (χ0v) is 12.3. The Kier molecular flexibility index (Phi) is 3.51. The number of hydrogen-bond donors (Lipinski definition) is 1. The highest BCUT2D eigenvalue weighted by atomic mass is 35.5. The topological polar surface area (TPSA) is 28.7 Å². The van der Waals surface area contributed by atoms with Gasteiger partial charge in [0.2, 0.25) is 0 Å². The van der Waals surface area contributed by atoms with E-state index in [-0.39, 0.29) is 0 Å². The van der Waals surface area contributed by atoms with E-state index in [9.17, 15) is 0 Å². The lowest BCUT2D eigenvalue weighted by molar-refractivity contribution is 1.26. The van der Waals surface area contributed by atoms with Crippen molar-refractivity contribution in [1.29, 1.82) is 0 Å². The summed E-state index contributed by atoms with van der Waals surface area (Å²) in [5, 5.41) is 1.41. The van der Waals surface area contributed by atoms with Crippen molar-refractivity contribution in [1.82, 2.24) is 9.97 Å². The third-order valence-electron chi connectivity index (χ3n) is 3.13. The Morgan fingerprint density at radius 3 is 2.35 bits per heavy atom. The summed E-state index contributed by atoms with van der Waals surface area (Å²) < 4.78 is 0. The minimum absolute atomic E-state index is 0.699. The molecule has 0 aliphatic carbocycles. The molecule has 20 heavy (non-hydrogen) atoms. The van der Waals surface area contributed by atoms with Crippen LogP contribution in [-0.2, 0) is 0 Å². The second-order valence-corrected chi connectivity index (χ2v) is 5.39. The van der Waals surface area contributed by atoms with Crippen LogP contribution < -0.4 is 0 Å². The van der Waals surface area contributed by atoms with Crippen LogP contribution in [0.5, 0.6) is 0 Å². The fourth-order valence-electron chi connectivity index (χ4n) is 2.12. The van der Waals surface area contributed by atoms with Crippen LogP contribution in [0.4, 0.5) is 0 Å². The number of imidazole rings is 1. The van der Waals surface area contributed by atoms with Crippen LogP contribution in [0.1, 0.15) is 5.69 Å². The van der Waals surface area contributed by atoms with Gasteiger partial charge in [-0.1, -0.05) is 41.4 Å². The van der Waals surface area contributed by atoms with Crippen molar-refractivity contribution in [2.45, 2.75) is 6.92 Å². The molecule has 0 radical (unpaired) electrons. The number of hydrogen-bond acceptors (Lipinski definition) is 1. The molecule has 4 heteroatoms. The number of aryl methyl sites for hydroxylation is 1. The number of aromatic nitrogens is 2. The highest BCUT2D eigenvalue weighted by Crippen LogP contribution is 2.30. The molecule has 0 aliphatic heterocycles. The van der Waals surface area contributed by atoms with Gasteiger partial charge in [0, 0.05) is 21.8 Å². The summed E-state index contributed by atoms with van der Waals surface area (Å²) in [6.07, 6.45) is 0. The Morgan fingerprint density at radius 2 is 1.65 bits per heavy atom. The van der Waals surface area contributed by atoms with Crippen LogP contribution in [0.25, 0.3) is 22.6 Å². The smallest absolute Gasteiger partial charge is 0.138 e. The van der Waals surface area contributed by atoms with Crippen molar-refractivity contribution in [3.8, 4) is 22.6 Å². The molecular formula is C16H12Cl2N2. The van der Waals surface area contributed by atoms with E-state index >= 15 is 0 Å². The molecule has 2 aromatic carbocycles. The molecule has 0 spiro atoms. The number of nitrogens with zero attached hydrogens (tertiary/aromatic N) is 1. The molecule has 0 fully saturated rings. The van der Waals surface area contributed by atoms with Gasteiger partial charge in [-0.15, -0.1) is 0 Å². The highest BCUT2D eigenvalue weighted by molar-refractivity contribution is 6.33. The van der Waals surface area contributed by atoms with Gasteiger partial charge >= 0.3 is 0 Å². The van der Waals surface area contributed by atoms with Gasteiger partial charge in [0.15, 0.2) is 0 Å². The summed E-state index contributed by atoms with van der Waals surface area (Å²) in [7, 11) is 0. The maximum Gasteiger partial charge on any atom is 0.138 e. The third kappa shape index (κ3) is 2.45. The highest BCUT2D eigenvalue weighted by Gasteiger charge is 2.12. The van der Waals surface area contributed by atoms with Gasteiger partial charge in [0.1, 0.15) is 5.82 Å². The van der Waals surface area contributed by atoms with Crippen molar-refractivity contribution in [2.75, 3.05) is 0 Å².